The lowest BCUT2D eigenvalue weighted by molar-refractivity contribution is 1.47. The van der Waals surface area contributed by atoms with Crippen molar-refractivity contribution < 1.29 is 0 Å². The Morgan fingerprint density at radius 3 is 2.58 bits per heavy atom. The molecule has 1 aromatic heterocycles. The van der Waals surface area contributed by atoms with Crippen LogP contribution >= 0.6 is 43.5 Å². The Bertz CT molecular complexity index is 436. The second kappa shape index (κ2) is 3.05. The predicted molar refractivity (Wildman–Crippen MR) is 58.7 cm³/mol. The largest absolute Gasteiger partial charge is 0.359 e. The smallest absolute Gasteiger partial charge is 0.0666 e. The van der Waals surface area contributed by atoms with E-state index in [0.717, 1.165) is 24.9 Å². The van der Waals surface area contributed by atoms with E-state index in [4.69, 9.17) is 11.6 Å². The highest BCUT2D eigenvalue weighted by molar-refractivity contribution is 9.11. The maximum absolute atomic E-state index is 5.97. The second-order valence-electron chi connectivity index (χ2n) is 2.42. The van der Waals surface area contributed by atoms with E-state index < -0.39 is 0 Å². The first-order valence-corrected chi connectivity index (χ1v) is 5.27. The van der Waals surface area contributed by atoms with Crippen LogP contribution < -0.4 is 0 Å². The molecule has 0 amide bonds. The van der Waals surface area contributed by atoms with E-state index in [0.29, 0.717) is 0 Å². The van der Waals surface area contributed by atoms with Crippen molar-refractivity contribution in [2.45, 2.75) is 0 Å². The summed E-state index contributed by atoms with van der Waals surface area (Å²) >= 11 is 12.9. The molecule has 1 aromatic carbocycles. The van der Waals surface area contributed by atoms with E-state index in [2.05, 4.69) is 36.8 Å². The first kappa shape index (κ1) is 8.60. The molecule has 0 aliphatic carbocycles. The Hall–Kier alpha value is 0.01000. The maximum atomic E-state index is 5.97. The van der Waals surface area contributed by atoms with E-state index in [1.165, 1.54) is 0 Å². The Balaban J connectivity index is 2.98. The molecular weight excluding hydrogens is 305 g/mol. The van der Waals surface area contributed by atoms with E-state index in [1.807, 2.05) is 18.3 Å². The Kier molecular flexibility index (Phi) is 2.19. The molecule has 0 atom stereocenters. The molecule has 1 heterocycles. The average molecular weight is 309 g/mol. The van der Waals surface area contributed by atoms with Crippen molar-refractivity contribution in [1.82, 2.24) is 4.98 Å². The topological polar surface area (TPSA) is 15.8 Å². The number of rotatable bonds is 0. The van der Waals surface area contributed by atoms with E-state index in [-0.39, 0.29) is 0 Å². The lowest BCUT2D eigenvalue weighted by Crippen LogP contribution is -1.72. The van der Waals surface area contributed by atoms with Crippen LogP contribution in [0.3, 0.4) is 0 Å². The van der Waals surface area contributed by atoms with Crippen molar-refractivity contribution in [2.24, 2.45) is 0 Å². The fraction of sp³-hybridized carbons (Fsp3) is 0. The van der Waals surface area contributed by atoms with Gasteiger partial charge in [0, 0.05) is 20.5 Å². The van der Waals surface area contributed by atoms with Gasteiger partial charge in [-0.15, -0.1) is 0 Å². The number of hydrogen-bond acceptors (Lipinski definition) is 0. The molecule has 0 saturated carbocycles. The van der Waals surface area contributed by atoms with Crippen LogP contribution in [0, 0.1) is 0 Å². The lowest BCUT2D eigenvalue weighted by Gasteiger charge is -1.96. The molecule has 0 unspecified atom stereocenters. The van der Waals surface area contributed by atoms with Crippen molar-refractivity contribution in [3.05, 3.63) is 32.3 Å². The number of fused-ring (bicyclic) bond motifs is 1. The van der Waals surface area contributed by atoms with Crippen molar-refractivity contribution >= 4 is 54.4 Å². The van der Waals surface area contributed by atoms with E-state index >= 15 is 0 Å². The van der Waals surface area contributed by atoms with Gasteiger partial charge >= 0.3 is 0 Å². The monoisotopic (exact) mass is 307 g/mol. The molecule has 4 heteroatoms. The molecule has 1 N–H and O–H groups in total. The summed E-state index contributed by atoms with van der Waals surface area (Å²) < 4.78 is 2.06. The molecule has 2 aromatic rings. The number of halogens is 3. The van der Waals surface area contributed by atoms with Crippen LogP contribution in [0.25, 0.3) is 10.9 Å². The SMILES string of the molecule is Clc1ccc(Br)c2c(Br)c[nH]c12. The summed E-state index contributed by atoms with van der Waals surface area (Å²) in [6.45, 7) is 0. The highest BCUT2D eigenvalue weighted by Gasteiger charge is 2.07. The zero-order valence-corrected chi connectivity index (χ0v) is 9.79. The molecule has 2 rings (SSSR count). The van der Waals surface area contributed by atoms with Crippen LogP contribution in [0.1, 0.15) is 0 Å². The number of aromatic nitrogens is 1. The molecule has 0 saturated heterocycles. The molecule has 0 bridgehead atoms. The first-order valence-electron chi connectivity index (χ1n) is 3.30. The molecule has 0 aliphatic rings. The quantitative estimate of drug-likeness (QED) is 0.745. The highest BCUT2D eigenvalue weighted by atomic mass is 79.9. The van der Waals surface area contributed by atoms with Gasteiger partial charge in [0.15, 0.2) is 0 Å². The van der Waals surface area contributed by atoms with Gasteiger partial charge < -0.3 is 4.98 Å². The van der Waals surface area contributed by atoms with Gasteiger partial charge in [-0.05, 0) is 28.1 Å². The van der Waals surface area contributed by atoms with Gasteiger partial charge in [0.2, 0.25) is 0 Å². The molecule has 12 heavy (non-hydrogen) atoms. The van der Waals surface area contributed by atoms with Gasteiger partial charge in [-0.3, -0.25) is 0 Å². The van der Waals surface area contributed by atoms with Crippen molar-refractivity contribution in [3.63, 3.8) is 0 Å². The maximum Gasteiger partial charge on any atom is 0.0666 e. The summed E-state index contributed by atoms with van der Waals surface area (Å²) in [4.78, 5) is 3.09. The van der Waals surface area contributed by atoms with Crippen molar-refractivity contribution in [3.8, 4) is 0 Å². The zero-order chi connectivity index (χ0) is 8.72. The molecule has 1 nitrogen and oxygen atoms in total. The average Bonchev–Trinajstić information content (AvgIpc) is 2.42. The fourth-order valence-corrected chi connectivity index (χ4v) is 2.68. The molecule has 0 aliphatic heterocycles. The Morgan fingerprint density at radius 2 is 1.92 bits per heavy atom. The summed E-state index contributed by atoms with van der Waals surface area (Å²) in [6, 6.07) is 3.79. The summed E-state index contributed by atoms with van der Waals surface area (Å²) in [7, 11) is 0. The molecule has 0 fully saturated rings. The molecule has 62 valence electrons. The van der Waals surface area contributed by atoms with Crippen LogP contribution in [0.5, 0.6) is 0 Å². The Labute approximate surface area is 91.4 Å². The van der Waals surface area contributed by atoms with Crippen LogP contribution in [-0.2, 0) is 0 Å². The number of H-pyrrole nitrogens is 1. The number of hydrogen-bond donors (Lipinski definition) is 1. The zero-order valence-electron chi connectivity index (χ0n) is 5.87. The predicted octanol–water partition coefficient (Wildman–Crippen LogP) is 4.35. The molecule has 0 radical (unpaired) electrons. The third kappa shape index (κ3) is 1.20. The summed E-state index contributed by atoms with van der Waals surface area (Å²) in [5.41, 5.74) is 0.956. The van der Waals surface area contributed by atoms with Gasteiger partial charge in [0.05, 0.1) is 10.5 Å². The third-order valence-corrected chi connectivity index (χ3v) is 3.29. The van der Waals surface area contributed by atoms with Crippen LogP contribution in [-0.4, -0.2) is 4.98 Å². The minimum absolute atomic E-state index is 0.735. The fourth-order valence-electron chi connectivity index (χ4n) is 1.13. The second-order valence-corrected chi connectivity index (χ2v) is 4.53. The minimum atomic E-state index is 0.735. The van der Waals surface area contributed by atoms with Gasteiger partial charge in [0.25, 0.3) is 0 Å². The van der Waals surface area contributed by atoms with Crippen molar-refractivity contribution in [1.29, 1.82) is 0 Å². The number of benzene rings is 1. The highest BCUT2D eigenvalue weighted by Crippen LogP contribution is 2.34. The summed E-state index contributed by atoms with van der Waals surface area (Å²) in [6.07, 6.45) is 1.88. The molecular formula is C8H4Br2ClN. The minimum Gasteiger partial charge on any atom is -0.359 e. The Morgan fingerprint density at radius 1 is 1.17 bits per heavy atom. The van der Waals surface area contributed by atoms with Gasteiger partial charge in [-0.1, -0.05) is 27.5 Å². The van der Waals surface area contributed by atoms with E-state index in [1.54, 1.807) is 0 Å². The van der Waals surface area contributed by atoms with Crippen LogP contribution in [0.4, 0.5) is 0 Å². The van der Waals surface area contributed by atoms with Gasteiger partial charge in [0.1, 0.15) is 0 Å². The van der Waals surface area contributed by atoms with Gasteiger partial charge in [-0.25, -0.2) is 0 Å². The van der Waals surface area contributed by atoms with Crippen LogP contribution in [0.15, 0.2) is 27.3 Å². The number of nitrogens with one attached hydrogen (secondary N) is 1. The molecule has 0 spiro atoms. The third-order valence-electron chi connectivity index (χ3n) is 1.69. The standard InChI is InChI=1S/C8H4Br2ClN/c9-4-1-2-6(11)8-7(4)5(10)3-12-8/h1-3,12H. The van der Waals surface area contributed by atoms with E-state index in [9.17, 15) is 0 Å². The normalized spacial score (nSPS) is 10.9. The lowest BCUT2D eigenvalue weighted by atomic mass is 10.2. The van der Waals surface area contributed by atoms with Crippen LogP contribution in [0.2, 0.25) is 5.02 Å². The van der Waals surface area contributed by atoms with Gasteiger partial charge in [-0.2, -0.15) is 0 Å². The van der Waals surface area contributed by atoms with Crippen molar-refractivity contribution in [2.75, 3.05) is 0 Å². The summed E-state index contributed by atoms with van der Waals surface area (Å²) in [5, 5.41) is 1.82. The first-order chi connectivity index (χ1) is 5.70. The summed E-state index contributed by atoms with van der Waals surface area (Å²) in [5.74, 6) is 0. The number of aromatic amines is 1.